The lowest BCUT2D eigenvalue weighted by Crippen LogP contribution is -2.30. The lowest BCUT2D eigenvalue weighted by atomic mass is 10.2. The predicted molar refractivity (Wildman–Crippen MR) is 57.9 cm³/mol. The van der Waals surface area contributed by atoms with Crippen LogP contribution in [0.3, 0.4) is 0 Å². The molecule has 1 aromatic heterocycles. The summed E-state index contributed by atoms with van der Waals surface area (Å²) in [5.74, 6) is 0.279. The smallest absolute Gasteiger partial charge is 0.231 e. The summed E-state index contributed by atoms with van der Waals surface area (Å²) in [7, 11) is 3.61. The topological polar surface area (TPSA) is 90.2 Å². The molecule has 4 N–H and O–H groups in total. The van der Waals surface area contributed by atoms with Gasteiger partial charge in [0.15, 0.2) is 0 Å². The standard InChI is InChI=1S/C9H17N5O/c1-6-7(9(11)14(3)12-6)4-13(2)5-8(10)15/h4-5,11H2,1-3H3,(H2,10,15). The average molecular weight is 211 g/mol. The lowest BCUT2D eigenvalue weighted by molar-refractivity contribution is -0.118. The van der Waals surface area contributed by atoms with Crippen molar-refractivity contribution in [3.05, 3.63) is 11.3 Å². The Morgan fingerprint density at radius 2 is 2.20 bits per heavy atom. The largest absolute Gasteiger partial charge is 0.384 e. The molecule has 1 rings (SSSR count). The molecule has 0 aliphatic carbocycles. The zero-order valence-electron chi connectivity index (χ0n) is 9.32. The van der Waals surface area contributed by atoms with Crippen molar-refractivity contribution in [2.45, 2.75) is 13.5 Å². The number of primary amides is 1. The van der Waals surface area contributed by atoms with Crippen LogP contribution in [-0.2, 0) is 18.4 Å². The van der Waals surface area contributed by atoms with Gasteiger partial charge in [0, 0.05) is 19.2 Å². The van der Waals surface area contributed by atoms with E-state index in [2.05, 4.69) is 5.10 Å². The van der Waals surface area contributed by atoms with Gasteiger partial charge in [-0.05, 0) is 14.0 Å². The van der Waals surface area contributed by atoms with Gasteiger partial charge < -0.3 is 11.5 Å². The molecule has 6 nitrogen and oxygen atoms in total. The number of hydrogen-bond donors (Lipinski definition) is 2. The highest BCUT2D eigenvalue weighted by atomic mass is 16.1. The number of aryl methyl sites for hydroxylation is 2. The van der Waals surface area contributed by atoms with Crippen molar-refractivity contribution in [2.75, 3.05) is 19.3 Å². The summed E-state index contributed by atoms with van der Waals surface area (Å²) >= 11 is 0. The molecule has 0 aromatic carbocycles. The van der Waals surface area contributed by atoms with Gasteiger partial charge in [-0.2, -0.15) is 5.10 Å². The quantitative estimate of drug-likeness (QED) is 0.684. The normalized spacial score (nSPS) is 10.9. The molecule has 15 heavy (non-hydrogen) atoms. The van der Waals surface area contributed by atoms with Crippen molar-refractivity contribution in [2.24, 2.45) is 12.8 Å². The molecule has 1 amide bonds. The fourth-order valence-electron chi connectivity index (χ4n) is 1.51. The second-order valence-electron chi connectivity index (χ2n) is 3.71. The van der Waals surface area contributed by atoms with E-state index in [-0.39, 0.29) is 12.5 Å². The molecule has 6 heteroatoms. The monoisotopic (exact) mass is 211 g/mol. The fourth-order valence-corrected chi connectivity index (χ4v) is 1.51. The maximum absolute atomic E-state index is 10.7. The van der Waals surface area contributed by atoms with Crippen LogP contribution in [0.2, 0.25) is 0 Å². The van der Waals surface area contributed by atoms with E-state index in [0.717, 1.165) is 11.3 Å². The van der Waals surface area contributed by atoms with Crippen LogP contribution in [0.15, 0.2) is 0 Å². The molecule has 0 saturated carbocycles. The molecule has 84 valence electrons. The lowest BCUT2D eigenvalue weighted by Gasteiger charge is -2.14. The molecule has 0 aliphatic heterocycles. The van der Waals surface area contributed by atoms with E-state index in [0.29, 0.717) is 12.4 Å². The molecule has 0 aliphatic rings. The summed E-state index contributed by atoms with van der Waals surface area (Å²) in [6, 6.07) is 0. The highest BCUT2D eigenvalue weighted by Crippen LogP contribution is 2.16. The molecule has 0 bridgehead atoms. The number of amides is 1. The first-order valence-electron chi connectivity index (χ1n) is 4.66. The Bertz CT molecular complexity index is 371. The van der Waals surface area contributed by atoms with Crippen LogP contribution in [0, 0.1) is 6.92 Å². The maximum atomic E-state index is 10.7. The third-order valence-electron chi connectivity index (χ3n) is 2.25. The number of carbonyl (C=O) groups excluding carboxylic acids is 1. The number of nitrogen functional groups attached to an aromatic ring is 1. The van der Waals surface area contributed by atoms with Crippen LogP contribution in [0.4, 0.5) is 5.82 Å². The van der Waals surface area contributed by atoms with Crippen LogP contribution in [-0.4, -0.2) is 34.2 Å². The number of likely N-dealkylation sites (N-methyl/N-ethyl adjacent to an activating group) is 1. The molecule has 1 aromatic rings. The number of nitrogens with two attached hydrogens (primary N) is 2. The van der Waals surface area contributed by atoms with Gasteiger partial charge in [-0.15, -0.1) is 0 Å². The molecule has 0 atom stereocenters. The molecule has 0 fully saturated rings. The molecule has 0 radical (unpaired) electrons. The highest BCUT2D eigenvalue weighted by molar-refractivity contribution is 5.75. The average Bonchev–Trinajstić information content (AvgIpc) is 2.31. The van der Waals surface area contributed by atoms with Gasteiger partial charge in [-0.25, -0.2) is 0 Å². The molecule has 0 unspecified atom stereocenters. The first-order valence-corrected chi connectivity index (χ1v) is 4.66. The van der Waals surface area contributed by atoms with Crippen molar-refractivity contribution in [3.63, 3.8) is 0 Å². The molecular formula is C9H17N5O. The Kier molecular flexibility index (Phi) is 3.31. The first kappa shape index (κ1) is 11.5. The van der Waals surface area contributed by atoms with Crippen molar-refractivity contribution >= 4 is 11.7 Å². The Labute approximate surface area is 88.8 Å². The summed E-state index contributed by atoms with van der Waals surface area (Å²) in [6.07, 6.45) is 0. The maximum Gasteiger partial charge on any atom is 0.231 e. The minimum atomic E-state index is -0.349. The zero-order chi connectivity index (χ0) is 11.6. The van der Waals surface area contributed by atoms with Gasteiger partial charge in [0.2, 0.25) is 5.91 Å². The number of anilines is 1. The summed E-state index contributed by atoms with van der Waals surface area (Å²) in [6.45, 7) is 2.69. The van der Waals surface area contributed by atoms with Crippen molar-refractivity contribution < 1.29 is 4.79 Å². The van der Waals surface area contributed by atoms with E-state index in [1.165, 1.54) is 0 Å². The summed E-state index contributed by atoms with van der Waals surface area (Å²) in [5, 5.41) is 4.19. The predicted octanol–water partition coefficient (Wildman–Crippen LogP) is -0.772. The van der Waals surface area contributed by atoms with Crippen molar-refractivity contribution in [3.8, 4) is 0 Å². The number of hydrogen-bond acceptors (Lipinski definition) is 4. The second-order valence-corrected chi connectivity index (χ2v) is 3.71. The van der Waals surface area contributed by atoms with E-state index >= 15 is 0 Å². The molecule has 1 heterocycles. The third-order valence-corrected chi connectivity index (χ3v) is 2.25. The number of rotatable bonds is 4. The Balaban J connectivity index is 2.76. The summed E-state index contributed by atoms with van der Waals surface area (Å²) in [5.41, 5.74) is 12.8. The van der Waals surface area contributed by atoms with Crippen molar-refractivity contribution in [1.82, 2.24) is 14.7 Å². The van der Waals surface area contributed by atoms with E-state index < -0.39 is 0 Å². The third kappa shape index (κ3) is 2.69. The fraction of sp³-hybridized carbons (Fsp3) is 0.556. The molecule has 0 spiro atoms. The number of aromatic nitrogens is 2. The summed E-state index contributed by atoms with van der Waals surface area (Å²) < 4.78 is 1.63. The van der Waals surface area contributed by atoms with Gasteiger partial charge in [0.1, 0.15) is 5.82 Å². The molecular weight excluding hydrogens is 194 g/mol. The highest BCUT2D eigenvalue weighted by Gasteiger charge is 2.13. The minimum Gasteiger partial charge on any atom is -0.384 e. The van der Waals surface area contributed by atoms with Gasteiger partial charge >= 0.3 is 0 Å². The van der Waals surface area contributed by atoms with Crippen LogP contribution in [0.25, 0.3) is 0 Å². The van der Waals surface area contributed by atoms with E-state index in [4.69, 9.17) is 11.5 Å². The van der Waals surface area contributed by atoms with E-state index in [1.54, 1.807) is 11.7 Å². The van der Waals surface area contributed by atoms with Crippen LogP contribution < -0.4 is 11.5 Å². The van der Waals surface area contributed by atoms with Gasteiger partial charge in [-0.1, -0.05) is 0 Å². The second kappa shape index (κ2) is 4.31. The van der Waals surface area contributed by atoms with E-state index in [9.17, 15) is 4.79 Å². The van der Waals surface area contributed by atoms with Gasteiger partial charge in [0.25, 0.3) is 0 Å². The Hall–Kier alpha value is -1.56. The number of carbonyl (C=O) groups is 1. The SMILES string of the molecule is Cc1nn(C)c(N)c1CN(C)CC(N)=O. The van der Waals surface area contributed by atoms with Crippen molar-refractivity contribution in [1.29, 1.82) is 0 Å². The zero-order valence-corrected chi connectivity index (χ0v) is 9.32. The van der Waals surface area contributed by atoms with Crippen LogP contribution in [0.1, 0.15) is 11.3 Å². The van der Waals surface area contributed by atoms with Crippen LogP contribution in [0.5, 0.6) is 0 Å². The Morgan fingerprint density at radius 1 is 1.60 bits per heavy atom. The van der Waals surface area contributed by atoms with E-state index in [1.807, 2.05) is 18.9 Å². The van der Waals surface area contributed by atoms with Gasteiger partial charge in [-0.3, -0.25) is 14.4 Å². The minimum absolute atomic E-state index is 0.216. The Morgan fingerprint density at radius 3 is 2.60 bits per heavy atom. The first-order chi connectivity index (χ1) is 6.91. The summed E-state index contributed by atoms with van der Waals surface area (Å²) in [4.78, 5) is 12.5. The van der Waals surface area contributed by atoms with Crippen LogP contribution >= 0.6 is 0 Å². The van der Waals surface area contributed by atoms with Gasteiger partial charge in [0.05, 0.1) is 12.2 Å². The molecule has 0 saturated heterocycles. The number of nitrogens with zero attached hydrogens (tertiary/aromatic N) is 3.